The average molecular weight is 305 g/mol. The van der Waals surface area contributed by atoms with Crippen molar-refractivity contribution in [1.82, 2.24) is 0 Å². The number of nitrogen functional groups attached to an aromatic ring is 1. The van der Waals surface area contributed by atoms with Crippen molar-refractivity contribution in [1.29, 1.82) is 0 Å². The van der Waals surface area contributed by atoms with E-state index in [0.717, 1.165) is 11.3 Å². The van der Waals surface area contributed by atoms with Gasteiger partial charge in [-0.15, -0.1) is 0 Å². The molecule has 2 aromatic rings. The molecule has 0 aromatic heterocycles. The molecule has 0 aliphatic rings. The highest BCUT2D eigenvalue weighted by Crippen LogP contribution is 2.31. The minimum atomic E-state index is -0.419. The Hall–Kier alpha value is -2.20. The van der Waals surface area contributed by atoms with Gasteiger partial charge in [0.15, 0.2) is 0 Å². The van der Waals surface area contributed by atoms with Crippen LogP contribution in [0.2, 0.25) is 5.02 Å². The van der Waals surface area contributed by atoms with Crippen LogP contribution in [-0.2, 0) is 4.74 Å². The van der Waals surface area contributed by atoms with Gasteiger partial charge in [0.25, 0.3) is 0 Å². The van der Waals surface area contributed by atoms with E-state index in [0.29, 0.717) is 28.6 Å². The summed E-state index contributed by atoms with van der Waals surface area (Å²) in [5.41, 5.74) is 8.99. The number of halogens is 1. The number of rotatable bonds is 4. The number of benzene rings is 2. The zero-order chi connectivity index (χ0) is 15.4. The molecule has 0 unspecified atom stereocenters. The number of carbonyl (C=O) groups is 1. The van der Waals surface area contributed by atoms with Gasteiger partial charge in [-0.1, -0.05) is 23.7 Å². The molecule has 2 aromatic carbocycles. The van der Waals surface area contributed by atoms with Crippen molar-refractivity contribution in [2.45, 2.75) is 13.8 Å². The standard InChI is InChI=1S/C16H17ClN2O2/c1-3-21-16(20)12-9-11(18)7-8-14(12)19-15-10(2)5-4-6-13(15)17/h4-9,19H,3,18H2,1-2H3. The maximum Gasteiger partial charge on any atom is 0.340 e. The van der Waals surface area contributed by atoms with E-state index in [1.807, 2.05) is 19.1 Å². The number of nitrogens with two attached hydrogens (primary N) is 1. The normalized spacial score (nSPS) is 10.2. The van der Waals surface area contributed by atoms with Gasteiger partial charge in [-0.3, -0.25) is 0 Å². The third-order valence-corrected chi connectivity index (χ3v) is 3.34. The molecule has 0 heterocycles. The van der Waals surface area contributed by atoms with Crippen LogP contribution in [-0.4, -0.2) is 12.6 Å². The number of aryl methyl sites for hydroxylation is 1. The minimum Gasteiger partial charge on any atom is -0.462 e. The second kappa shape index (κ2) is 6.50. The van der Waals surface area contributed by atoms with Gasteiger partial charge in [-0.25, -0.2) is 4.79 Å². The van der Waals surface area contributed by atoms with Crippen LogP contribution in [0.5, 0.6) is 0 Å². The maximum atomic E-state index is 12.0. The molecule has 0 radical (unpaired) electrons. The first-order valence-corrected chi connectivity index (χ1v) is 6.99. The Balaban J connectivity index is 2.42. The molecule has 110 valence electrons. The second-order valence-corrected chi connectivity index (χ2v) is 4.99. The van der Waals surface area contributed by atoms with Gasteiger partial charge in [0.1, 0.15) is 0 Å². The Labute approximate surface area is 128 Å². The van der Waals surface area contributed by atoms with Crippen molar-refractivity contribution in [3.05, 3.63) is 52.5 Å². The van der Waals surface area contributed by atoms with Gasteiger partial charge >= 0.3 is 5.97 Å². The maximum absolute atomic E-state index is 12.0. The molecular weight excluding hydrogens is 288 g/mol. The van der Waals surface area contributed by atoms with E-state index >= 15 is 0 Å². The summed E-state index contributed by atoms with van der Waals surface area (Å²) >= 11 is 6.20. The molecule has 5 heteroatoms. The number of para-hydroxylation sites is 1. The predicted octanol–water partition coefficient (Wildman–Crippen LogP) is 4.15. The highest BCUT2D eigenvalue weighted by molar-refractivity contribution is 6.33. The first-order chi connectivity index (χ1) is 10.0. The number of ether oxygens (including phenoxy) is 1. The Kier molecular flexibility index (Phi) is 4.70. The zero-order valence-corrected chi connectivity index (χ0v) is 12.7. The van der Waals surface area contributed by atoms with Gasteiger partial charge < -0.3 is 15.8 Å². The summed E-state index contributed by atoms with van der Waals surface area (Å²) in [5, 5.41) is 3.77. The molecule has 0 bridgehead atoms. The van der Waals surface area contributed by atoms with Gasteiger partial charge in [-0.2, -0.15) is 0 Å². The molecule has 0 aliphatic heterocycles. The highest BCUT2D eigenvalue weighted by Gasteiger charge is 2.14. The van der Waals surface area contributed by atoms with Gasteiger partial charge in [0, 0.05) is 5.69 Å². The lowest BCUT2D eigenvalue weighted by molar-refractivity contribution is 0.0527. The fraction of sp³-hybridized carbons (Fsp3) is 0.188. The third-order valence-electron chi connectivity index (χ3n) is 3.02. The Morgan fingerprint density at radius 3 is 2.76 bits per heavy atom. The van der Waals surface area contributed by atoms with Crippen molar-refractivity contribution < 1.29 is 9.53 Å². The Bertz CT molecular complexity index is 651. The molecule has 2 rings (SSSR count). The van der Waals surface area contributed by atoms with Crippen molar-refractivity contribution >= 4 is 34.6 Å². The highest BCUT2D eigenvalue weighted by atomic mass is 35.5. The Morgan fingerprint density at radius 2 is 2.10 bits per heavy atom. The first-order valence-electron chi connectivity index (χ1n) is 6.61. The number of hydrogen-bond acceptors (Lipinski definition) is 4. The average Bonchev–Trinajstić information content (AvgIpc) is 2.44. The van der Waals surface area contributed by atoms with Crippen LogP contribution in [0.25, 0.3) is 0 Å². The van der Waals surface area contributed by atoms with Gasteiger partial charge in [-0.05, 0) is 43.7 Å². The second-order valence-electron chi connectivity index (χ2n) is 4.58. The van der Waals surface area contributed by atoms with E-state index in [2.05, 4.69) is 5.32 Å². The lowest BCUT2D eigenvalue weighted by Gasteiger charge is -2.15. The summed E-state index contributed by atoms with van der Waals surface area (Å²) in [7, 11) is 0. The van der Waals surface area contributed by atoms with Crippen LogP contribution < -0.4 is 11.1 Å². The predicted molar refractivity (Wildman–Crippen MR) is 86.3 cm³/mol. The molecular formula is C16H17ClN2O2. The van der Waals surface area contributed by atoms with Gasteiger partial charge in [0.05, 0.1) is 28.6 Å². The molecule has 3 N–H and O–H groups in total. The van der Waals surface area contributed by atoms with Crippen LogP contribution in [0.4, 0.5) is 17.1 Å². The minimum absolute atomic E-state index is 0.304. The van der Waals surface area contributed by atoms with E-state index in [1.165, 1.54) is 0 Å². The fourth-order valence-corrected chi connectivity index (χ4v) is 2.24. The van der Waals surface area contributed by atoms with Crippen molar-refractivity contribution in [3.63, 3.8) is 0 Å². The number of carbonyl (C=O) groups excluding carboxylic acids is 1. The molecule has 0 amide bonds. The van der Waals surface area contributed by atoms with Crippen LogP contribution in [0.15, 0.2) is 36.4 Å². The third kappa shape index (κ3) is 3.47. The number of hydrogen-bond donors (Lipinski definition) is 2. The number of anilines is 3. The smallest absolute Gasteiger partial charge is 0.340 e. The van der Waals surface area contributed by atoms with E-state index in [9.17, 15) is 4.79 Å². The summed E-state index contributed by atoms with van der Waals surface area (Å²) in [5.74, 6) is -0.419. The summed E-state index contributed by atoms with van der Waals surface area (Å²) < 4.78 is 5.05. The number of nitrogens with one attached hydrogen (secondary N) is 1. The van der Waals surface area contributed by atoms with Crippen molar-refractivity contribution in [3.8, 4) is 0 Å². The largest absolute Gasteiger partial charge is 0.462 e. The van der Waals surface area contributed by atoms with Crippen LogP contribution in [0.3, 0.4) is 0 Å². The molecule has 4 nitrogen and oxygen atoms in total. The molecule has 0 aliphatic carbocycles. The van der Waals surface area contributed by atoms with Crippen LogP contribution in [0, 0.1) is 6.92 Å². The summed E-state index contributed by atoms with van der Waals surface area (Å²) in [6, 6.07) is 10.7. The monoisotopic (exact) mass is 304 g/mol. The lowest BCUT2D eigenvalue weighted by Crippen LogP contribution is -2.09. The Morgan fingerprint density at radius 1 is 1.33 bits per heavy atom. The van der Waals surface area contributed by atoms with E-state index in [1.54, 1.807) is 31.2 Å². The summed E-state index contributed by atoms with van der Waals surface area (Å²) in [4.78, 5) is 12.0. The molecule has 0 saturated heterocycles. The molecule has 0 fully saturated rings. The molecule has 0 saturated carbocycles. The molecule has 0 atom stereocenters. The quantitative estimate of drug-likeness (QED) is 0.658. The van der Waals surface area contributed by atoms with E-state index in [4.69, 9.17) is 22.1 Å². The van der Waals surface area contributed by atoms with Crippen molar-refractivity contribution in [2.75, 3.05) is 17.7 Å². The van der Waals surface area contributed by atoms with E-state index < -0.39 is 5.97 Å². The number of esters is 1. The van der Waals surface area contributed by atoms with Crippen molar-refractivity contribution in [2.24, 2.45) is 0 Å². The fourth-order valence-electron chi connectivity index (χ4n) is 1.97. The lowest BCUT2D eigenvalue weighted by atomic mass is 10.1. The summed E-state index contributed by atoms with van der Waals surface area (Å²) in [6.45, 7) is 4.00. The van der Waals surface area contributed by atoms with Crippen LogP contribution in [0.1, 0.15) is 22.8 Å². The topological polar surface area (TPSA) is 64.3 Å². The first kappa shape index (κ1) is 15.2. The van der Waals surface area contributed by atoms with E-state index in [-0.39, 0.29) is 0 Å². The SMILES string of the molecule is CCOC(=O)c1cc(N)ccc1Nc1c(C)cccc1Cl. The summed E-state index contributed by atoms with van der Waals surface area (Å²) in [6.07, 6.45) is 0. The molecule has 0 spiro atoms. The zero-order valence-electron chi connectivity index (χ0n) is 11.9. The van der Waals surface area contributed by atoms with Gasteiger partial charge in [0.2, 0.25) is 0 Å². The molecule has 21 heavy (non-hydrogen) atoms. The van der Waals surface area contributed by atoms with Crippen LogP contribution >= 0.6 is 11.6 Å².